The standard InChI is InChI=1S/C17H18N4O2S/c1-23-13-7-5-12(6-8-13)16(22)19-11-3-10-18-15-14-4-2-9-20-17(14)24-21-15/h2,4-9H,3,10-11H2,1H3,(H,18,21)(H,19,22). The van der Waals surface area contributed by atoms with Gasteiger partial charge >= 0.3 is 0 Å². The number of carbonyl (C=O) groups excluding carboxylic acids is 1. The lowest BCUT2D eigenvalue weighted by Crippen LogP contribution is -2.25. The number of ether oxygens (including phenoxy) is 1. The Morgan fingerprint density at radius 1 is 1.21 bits per heavy atom. The summed E-state index contributed by atoms with van der Waals surface area (Å²) < 4.78 is 9.44. The van der Waals surface area contributed by atoms with Gasteiger partial charge in [-0.3, -0.25) is 4.79 Å². The Bertz CT molecular complexity index is 817. The van der Waals surface area contributed by atoms with E-state index >= 15 is 0 Å². The Hall–Kier alpha value is -2.67. The number of methoxy groups -OCH3 is 1. The summed E-state index contributed by atoms with van der Waals surface area (Å²) in [5, 5.41) is 7.22. The smallest absolute Gasteiger partial charge is 0.251 e. The van der Waals surface area contributed by atoms with Gasteiger partial charge < -0.3 is 15.4 Å². The highest BCUT2D eigenvalue weighted by molar-refractivity contribution is 7.13. The quantitative estimate of drug-likeness (QED) is 0.646. The second-order valence-electron chi connectivity index (χ2n) is 5.15. The maximum absolute atomic E-state index is 12.0. The van der Waals surface area contributed by atoms with E-state index < -0.39 is 0 Å². The van der Waals surface area contributed by atoms with E-state index in [2.05, 4.69) is 20.0 Å². The predicted octanol–water partition coefficient (Wildman–Crippen LogP) is 2.93. The van der Waals surface area contributed by atoms with Crippen LogP contribution in [0.15, 0.2) is 42.6 Å². The molecule has 0 aliphatic carbocycles. The fraction of sp³-hybridized carbons (Fsp3) is 0.235. The van der Waals surface area contributed by atoms with Gasteiger partial charge in [0.1, 0.15) is 16.4 Å². The van der Waals surface area contributed by atoms with Gasteiger partial charge in [-0.2, -0.15) is 4.37 Å². The number of amides is 1. The Kier molecular flexibility index (Phi) is 5.22. The number of hydrogen-bond acceptors (Lipinski definition) is 6. The molecular weight excluding hydrogens is 324 g/mol. The van der Waals surface area contributed by atoms with Crippen molar-refractivity contribution >= 4 is 33.5 Å². The second-order valence-corrected chi connectivity index (χ2v) is 5.90. The van der Waals surface area contributed by atoms with Crippen LogP contribution >= 0.6 is 11.5 Å². The van der Waals surface area contributed by atoms with Crippen molar-refractivity contribution in [1.29, 1.82) is 0 Å². The number of anilines is 1. The summed E-state index contributed by atoms with van der Waals surface area (Å²) in [7, 11) is 1.60. The average molecular weight is 342 g/mol. The van der Waals surface area contributed by atoms with Gasteiger partial charge in [0.15, 0.2) is 0 Å². The maximum Gasteiger partial charge on any atom is 0.251 e. The van der Waals surface area contributed by atoms with E-state index in [-0.39, 0.29) is 5.91 Å². The van der Waals surface area contributed by atoms with Crippen molar-refractivity contribution in [2.75, 3.05) is 25.5 Å². The Labute approximate surface area is 144 Å². The van der Waals surface area contributed by atoms with E-state index in [9.17, 15) is 4.79 Å². The fourth-order valence-electron chi connectivity index (χ4n) is 2.25. The van der Waals surface area contributed by atoms with Gasteiger partial charge in [0, 0.05) is 24.8 Å². The molecule has 3 rings (SSSR count). The van der Waals surface area contributed by atoms with E-state index in [0.717, 1.165) is 34.7 Å². The van der Waals surface area contributed by atoms with Gasteiger partial charge in [-0.25, -0.2) is 4.98 Å². The summed E-state index contributed by atoms with van der Waals surface area (Å²) in [6.45, 7) is 1.33. The summed E-state index contributed by atoms with van der Waals surface area (Å²) in [5.41, 5.74) is 0.625. The van der Waals surface area contributed by atoms with Crippen LogP contribution in [-0.2, 0) is 0 Å². The summed E-state index contributed by atoms with van der Waals surface area (Å²) in [5.74, 6) is 1.51. The van der Waals surface area contributed by atoms with Crippen molar-refractivity contribution in [3.05, 3.63) is 48.2 Å². The molecule has 0 unspecified atom stereocenters. The molecule has 0 bridgehead atoms. The highest BCUT2D eigenvalue weighted by Gasteiger charge is 2.06. The number of nitrogens with one attached hydrogen (secondary N) is 2. The first kappa shape index (κ1) is 16.2. The van der Waals surface area contributed by atoms with Gasteiger partial charge in [0.25, 0.3) is 5.91 Å². The fourth-order valence-corrected chi connectivity index (χ4v) is 2.96. The SMILES string of the molecule is COc1ccc(C(=O)NCCCNc2nsc3ncccc23)cc1. The molecule has 6 nitrogen and oxygen atoms in total. The molecule has 0 aliphatic heterocycles. The van der Waals surface area contributed by atoms with Gasteiger partial charge in [-0.05, 0) is 54.4 Å². The van der Waals surface area contributed by atoms with E-state index in [4.69, 9.17) is 4.74 Å². The van der Waals surface area contributed by atoms with Crippen LogP contribution in [0.5, 0.6) is 5.75 Å². The molecule has 0 saturated carbocycles. The normalized spacial score (nSPS) is 10.5. The van der Waals surface area contributed by atoms with Crippen molar-refractivity contribution in [2.24, 2.45) is 0 Å². The first-order chi connectivity index (χ1) is 11.8. The van der Waals surface area contributed by atoms with Crippen LogP contribution in [0.4, 0.5) is 5.82 Å². The highest BCUT2D eigenvalue weighted by atomic mass is 32.1. The summed E-state index contributed by atoms with van der Waals surface area (Å²) in [6.07, 6.45) is 2.57. The zero-order valence-corrected chi connectivity index (χ0v) is 14.1. The van der Waals surface area contributed by atoms with Crippen LogP contribution in [0.3, 0.4) is 0 Å². The molecule has 7 heteroatoms. The van der Waals surface area contributed by atoms with Crippen molar-refractivity contribution in [2.45, 2.75) is 6.42 Å². The predicted molar refractivity (Wildman–Crippen MR) is 95.8 cm³/mol. The third-order valence-electron chi connectivity index (χ3n) is 3.53. The minimum Gasteiger partial charge on any atom is -0.497 e. The van der Waals surface area contributed by atoms with Gasteiger partial charge in [-0.15, -0.1) is 0 Å². The number of carbonyl (C=O) groups is 1. The number of pyridine rings is 1. The lowest BCUT2D eigenvalue weighted by molar-refractivity contribution is 0.0953. The van der Waals surface area contributed by atoms with Crippen LogP contribution in [0.2, 0.25) is 0 Å². The molecule has 24 heavy (non-hydrogen) atoms. The molecule has 1 aromatic carbocycles. The Morgan fingerprint density at radius 3 is 2.83 bits per heavy atom. The molecule has 0 atom stereocenters. The number of fused-ring (bicyclic) bond motifs is 1. The first-order valence-corrected chi connectivity index (χ1v) is 8.42. The molecule has 2 heterocycles. The summed E-state index contributed by atoms with van der Waals surface area (Å²) >= 11 is 1.38. The minimum atomic E-state index is -0.0824. The highest BCUT2D eigenvalue weighted by Crippen LogP contribution is 2.23. The number of nitrogens with zero attached hydrogens (tertiary/aromatic N) is 2. The third kappa shape index (κ3) is 3.80. The Morgan fingerprint density at radius 2 is 2.04 bits per heavy atom. The molecule has 0 radical (unpaired) electrons. The topological polar surface area (TPSA) is 76.1 Å². The van der Waals surface area contributed by atoms with Crippen LogP contribution in [-0.4, -0.2) is 35.5 Å². The van der Waals surface area contributed by atoms with E-state index in [1.807, 2.05) is 12.1 Å². The molecule has 0 fully saturated rings. The van der Waals surface area contributed by atoms with E-state index in [1.165, 1.54) is 11.5 Å². The Balaban J connectivity index is 1.42. The van der Waals surface area contributed by atoms with Crippen LogP contribution < -0.4 is 15.4 Å². The van der Waals surface area contributed by atoms with Crippen molar-refractivity contribution in [1.82, 2.24) is 14.7 Å². The lowest BCUT2D eigenvalue weighted by Gasteiger charge is -2.07. The van der Waals surface area contributed by atoms with Crippen molar-refractivity contribution < 1.29 is 9.53 Å². The molecule has 0 saturated heterocycles. The molecule has 0 aliphatic rings. The van der Waals surface area contributed by atoms with Gasteiger partial charge in [0.05, 0.1) is 12.5 Å². The third-order valence-corrected chi connectivity index (χ3v) is 4.31. The van der Waals surface area contributed by atoms with Crippen molar-refractivity contribution in [3.8, 4) is 5.75 Å². The summed E-state index contributed by atoms with van der Waals surface area (Å²) in [6, 6.07) is 11.0. The number of rotatable bonds is 7. The monoisotopic (exact) mass is 342 g/mol. The lowest BCUT2D eigenvalue weighted by atomic mass is 10.2. The second kappa shape index (κ2) is 7.74. The van der Waals surface area contributed by atoms with Gasteiger partial charge in [0.2, 0.25) is 0 Å². The zero-order valence-electron chi connectivity index (χ0n) is 13.3. The first-order valence-electron chi connectivity index (χ1n) is 7.64. The number of benzene rings is 1. The molecule has 2 N–H and O–H groups in total. The molecular formula is C17H18N4O2S. The number of aromatic nitrogens is 2. The average Bonchev–Trinajstić information content (AvgIpc) is 3.04. The maximum atomic E-state index is 12.0. The van der Waals surface area contributed by atoms with Crippen LogP contribution in [0.1, 0.15) is 16.8 Å². The molecule has 3 aromatic rings. The molecule has 0 spiro atoms. The van der Waals surface area contributed by atoms with Crippen LogP contribution in [0, 0.1) is 0 Å². The molecule has 1 amide bonds. The van der Waals surface area contributed by atoms with Crippen LogP contribution in [0.25, 0.3) is 10.2 Å². The van der Waals surface area contributed by atoms with Gasteiger partial charge in [-0.1, -0.05) is 0 Å². The largest absolute Gasteiger partial charge is 0.497 e. The zero-order chi connectivity index (χ0) is 16.8. The van der Waals surface area contributed by atoms with E-state index in [0.29, 0.717) is 12.1 Å². The minimum absolute atomic E-state index is 0.0824. The summed E-state index contributed by atoms with van der Waals surface area (Å²) in [4.78, 5) is 17.2. The molecule has 124 valence electrons. The van der Waals surface area contributed by atoms with E-state index in [1.54, 1.807) is 37.6 Å². The molecule has 2 aromatic heterocycles. The van der Waals surface area contributed by atoms with Crippen molar-refractivity contribution in [3.63, 3.8) is 0 Å². The number of hydrogen-bond donors (Lipinski definition) is 2.